The number of aliphatic carboxylic acids is 2. The van der Waals surface area contributed by atoms with E-state index < -0.39 is 82.9 Å². The van der Waals surface area contributed by atoms with Gasteiger partial charge in [0.25, 0.3) is 0 Å². The minimum Gasteiger partial charge on any atom is -0.480 e. The van der Waals surface area contributed by atoms with E-state index in [-0.39, 0.29) is 0 Å². The standard InChI is InChI=1S/C12H9F11O6S/c13-8(14,9(15,16)10(17,18)11(19,20)12(21,22)23)2-1-3(24)30-5(7(28)29)4(25)6(26)27/h4-5,25H,1-2H2,(H,26,27)(H,28,29). The van der Waals surface area contributed by atoms with Gasteiger partial charge in [-0.15, -0.1) is 0 Å². The largest absolute Gasteiger partial charge is 0.480 e. The Bertz CT molecular complexity index is 678. The smallest absolute Gasteiger partial charge is 0.460 e. The van der Waals surface area contributed by atoms with Crippen LogP contribution in [0.25, 0.3) is 0 Å². The first-order chi connectivity index (χ1) is 13.0. The summed E-state index contributed by atoms with van der Waals surface area (Å²) in [7, 11) is 0. The molecule has 2 atom stereocenters. The minimum atomic E-state index is -7.65. The highest BCUT2D eigenvalue weighted by atomic mass is 32.2. The molecule has 0 aromatic rings. The van der Waals surface area contributed by atoms with Gasteiger partial charge in [-0.1, -0.05) is 11.8 Å². The molecule has 0 amide bonds. The van der Waals surface area contributed by atoms with E-state index >= 15 is 0 Å². The Kier molecular flexibility index (Phi) is 8.18. The van der Waals surface area contributed by atoms with Gasteiger partial charge in [0, 0.05) is 12.8 Å². The number of halogens is 11. The summed E-state index contributed by atoms with van der Waals surface area (Å²) in [6, 6.07) is 0. The number of rotatable bonds is 10. The highest BCUT2D eigenvalue weighted by Crippen LogP contribution is 2.58. The summed E-state index contributed by atoms with van der Waals surface area (Å²) in [6.45, 7) is 0. The Morgan fingerprint density at radius 1 is 0.733 bits per heavy atom. The second-order valence-corrected chi connectivity index (χ2v) is 6.66. The number of aliphatic hydroxyl groups is 1. The van der Waals surface area contributed by atoms with Crippen LogP contribution in [-0.2, 0) is 14.4 Å². The number of aliphatic hydroxyl groups excluding tert-OH is 1. The van der Waals surface area contributed by atoms with Crippen molar-refractivity contribution in [2.24, 2.45) is 0 Å². The molecule has 0 aliphatic rings. The third kappa shape index (κ3) is 5.25. The zero-order chi connectivity index (χ0) is 24.5. The van der Waals surface area contributed by atoms with Gasteiger partial charge in [-0.25, -0.2) is 4.79 Å². The summed E-state index contributed by atoms with van der Waals surface area (Å²) in [6.07, 6.45) is -14.9. The van der Waals surface area contributed by atoms with Crippen LogP contribution < -0.4 is 0 Å². The zero-order valence-corrected chi connectivity index (χ0v) is 14.5. The Morgan fingerprint density at radius 3 is 1.50 bits per heavy atom. The molecule has 0 saturated carbocycles. The topological polar surface area (TPSA) is 112 Å². The van der Waals surface area contributed by atoms with Gasteiger partial charge in [0.2, 0.25) is 0 Å². The van der Waals surface area contributed by atoms with Crippen molar-refractivity contribution >= 4 is 28.8 Å². The van der Waals surface area contributed by atoms with Gasteiger partial charge in [-0.05, 0) is 0 Å². The third-order valence-electron chi connectivity index (χ3n) is 3.29. The normalized spacial score (nSPS) is 16.1. The van der Waals surface area contributed by atoms with Gasteiger partial charge in [0.05, 0.1) is 0 Å². The SMILES string of the molecule is O=C(CCC(F)(F)C(F)(F)C(F)(F)C(F)(F)C(F)(F)F)SC(C(=O)O)C(O)C(=O)O. The molecule has 0 rings (SSSR count). The van der Waals surface area contributed by atoms with Crippen molar-refractivity contribution in [3.05, 3.63) is 0 Å². The molecule has 6 nitrogen and oxygen atoms in total. The monoisotopic (exact) mass is 490 g/mol. The number of carboxylic acid groups (broad SMARTS) is 2. The summed E-state index contributed by atoms with van der Waals surface area (Å²) in [5.41, 5.74) is 0. The molecular weight excluding hydrogens is 481 g/mol. The lowest BCUT2D eigenvalue weighted by atomic mass is 9.95. The maximum absolute atomic E-state index is 13.4. The van der Waals surface area contributed by atoms with Gasteiger partial charge in [0.15, 0.2) is 11.2 Å². The van der Waals surface area contributed by atoms with Crippen LogP contribution in [0.3, 0.4) is 0 Å². The Hall–Kier alpha value is -1.85. The van der Waals surface area contributed by atoms with Gasteiger partial charge < -0.3 is 15.3 Å². The van der Waals surface area contributed by atoms with Crippen molar-refractivity contribution in [1.29, 1.82) is 0 Å². The fourth-order valence-electron chi connectivity index (χ4n) is 1.60. The summed E-state index contributed by atoms with van der Waals surface area (Å²) in [4.78, 5) is 32.5. The molecule has 0 aromatic heterocycles. The number of thioether (sulfide) groups is 1. The first-order valence-electron chi connectivity index (χ1n) is 6.95. The predicted octanol–water partition coefficient (Wildman–Crippen LogP) is 3.03. The van der Waals surface area contributed by atoms with Gasteiger partial charge in [0.1, 0.15) is 5.25 Å². The summed E-state index contributed by atoms with van der Waals surface area (Å²) in [5.74, 6) is -33.3. The molecule has 0 bridgehead atoms. The number of carbonyl (C=O) groups is 3. The Balaban J connectivity index is 5.54. The molecule has 0 aromatic carbocycles. The highest BCUT2D eigenvalue weighted by molar-refractivity contribution is 8.14. The van der Waals surface area contributed by atoms with E-state index in [0.29, 0.717) is 0 Å². The predicted molar refractivity (Wildman–Crippen MR) is 72.7 cm³/mol. The van der Waals surface area contributed by atoms with Crippen molar-refractivity contribution < 1.29 is 78.0 Å². The number of hydrogen-bond donors (Lipinski definition) is 3. The highest BCUT2D eigenvalue weighted by Gasteiger charge is 2.86. The molecule has 0 spiro atoms. The quantitative estimate of drug-likeness (QED) is 0.404. The molecule has 30 heavy (non-hydrogen) atoms. The van der Waals surface area contributed by atoms with Crippen LogP contribution in [-0.4, -0.2) is 73.6 Å². The first kappa shape index (κ1) is 28.1. The van der Waals surface area contributed by atoms with Gasteiger partial charge in [-0.3, -0.25) is 9.59 Å². The van der Waals surface area contributed by atoms with Crippen molar-refractivity contribution in [2.45, 2.75) is 54.1 Å². The molecule has 0 aliphatic heterocycles. The lowest BCUT2D eigenvalue weighted by molar-refractivity contribution is -0.422. The van der Waals surface area contributed by atoms with Crippen molar-refractivity contribution in [1.82, 2.24) is 0 Å². The van der Waals surface area contributed by atoms with Crippen LogP contribution in [0.15, 0.2) is 0 Å². The van der Waals surface area contributed by atoms with Crippen LogP contribution in [0.2, 0.25) is 0 Å². The maximum Gasteiger partial charge on any atom is 0.460 e. The van der Waals surface area contributed by atoms with E-state index in [1.54, 1.807) is 0 Å². The number of alkyl halides is 11. The lowest BCUT2D eigenvalue weighted by Gasteiger charge is -2.37. The van der Waals surface area contributed by atoms with E-state index in [2.05, 4.69) is 0 Å². The fraction of sp³-hybridized carbons (Fsp3) is 0.750. The molecular formula is C12H9F11O6S. The summed E-state index contributed by atoms with van der Waals surface area (Å²) < 4.78 is 141. The lowest BCUT2D eigenvalue weighted by Crippen LogP contribution is -2.66. The summed E-state index contributed by atoms with van der Waals surface area (Å²) >= 11 is -0.705. The molecule has 0 aliphatic carbocycles. The van der Waals surface area contributed by atoms with Gasteiger partial charge >= 0.3 is 41.8 Å². The number of carbonyl (C=O) groups excluding carboxylic acids is 1. The molecule has 176 valence electrons. The van der Waals surface area contributed by atoms with Crippen LogP contribution >= 0.6 is 11.8 Å². The molecule has 0 fully saturated rings. The van der Waals surface area contributed by atoms with E-state index in [9.17, 15) is 62.7 Å². The molecule has 0 heterocycles. The molecule has 0 radical (unpaired) electrons. The van der Waals surface area contributed by atoms with Crippen LogP contribution in [0.1, 0.15) is 12.8 Å². The van der Waals surface area contributed by atoms with Crippen LogP contribution in [0.5, 0.6) is 0 Å². The zero-order valence-electron chi connectivity index (χ0n) is 13.7. The van der Waals surface area contributed by atoms with Crippen LogP contribution in [0.4, 0.5) is 48.3 Å². The third-order valence-corrected chi connectivity index (χ3v) is 4.47. The molecule has 2 unspecified atom stereocenters. The Morgan fingerprint density at radius 2 is 1.17 bits per heavy atom. The number of hydrogen-bond acceptors (Lipinski definition) is 5. The van der Waals surface area contributed by atoms with Crippen molar-refractivity contribution in [3.63, 3.8) is 0 Å². The summed E-state index contributed by atoms with van der Waals surface area (Å²) in [5, 5.41) is 21.6. The van der Waals surface area contributed by atoms with E-state index in [1.165, 1.54) is 0 Å². The second-order valence-electron chi connectivity index (χ2n) is 5.46. The molecule has 3 N–H and O–H groups in total. The van der Waals surface area contributed by atoms with Gasteiger partial charge in [-0.2, -0.15) is 48.3 Å². The molecule has 0 saturated heterocycles. The van der Waals surface area contributed by atoms with Crippen molar-refractivity contribution in [3.8, 4) is 0 Å². The van der Waals surface area contributed by atoms with Crippen LogP contribution in [0, 0.1) is 0 Å². The maximum atomic E-state index is 13.4. The average molecular weight is 490 g/mol. The Labute approximate surface area is 162 Å². The second kappa shape index (κ2) is 8.72. The van der Waals surface area contributed by atoms with E-state index in [1.807, 2.05) is 0 Å². The number of carboxylic acids is 2. The first-order valence-corrected chi connectivity index (χ1v) is 7.83. The minimum absolute atomic E-state index is 0.705. The van der Waals surface area contributed by atoms with Crippen molar-refractivity contribution in [2.75, 3.05) is 0 Å². The molecule has 18 heteroatoms. The average Bonchev–Trinajstić information content (AvgIpc) is 2.55. The van der Waals surface area contributed by atoms with E-state index in [0.717, 1.165) is 0 Å². The van der Waals surface area contributed by atoms with E-state index in [4.69, 9.17) is 15.3 Å². The fourth-order valence-corrected chi connectivity index (χ4v) is 2.45.